The van der Waals surface area contributed by atoms with Crippen LogP contribution in [0.2, 0.25) is 0 Å². The zero-order chi connectivity index (χ0) is 35.8. The van der Waals surface area contributed by atoms with Gasteiger partial charge in [-0.1, -0.05) is 24.3 Å². The Balaban J connectivity index is 1.72. The number of phenols is 1. The van der Waals surface area contributed by atoms with Gasteiger partial charge in [-0.25, -0.2) is 0 Å². The van der Waals surface area contributed by atoms with E-state index in [1.807, 2.05) is 36.4 Å². The van der Waals surface area contributed by atoms with Crippen molar-refractivity contribution < 1.29 is 44.7 Å². The van der Waals surface area contributed by atoms with E-state index in [9.17, 15) is 44.7 Å². The zero-order valence-electron chi connectivity index (χ0n) is 27.4. The van der Waals surface area contributed by atoms with Gasteiger partial charge in [-0.15, -0.1) is 0 Å². The lowest BCUT2D eigenvalue weighted by molar-refractivity contribution is -0.142. The van der Waals surface area contributed by atoms with Crippen LogP contribution >= 0.6 is 12.2 Å². The number of aryl methyl sites for hydroxylation is 1. The Morgan fingerprint density at radius 2 is 1.16 bits per heavy atom. The number of nitrogens with one attached hydrogen (secondary N) is 2. The van der Waals surface area contributed by atoms with E-state index < -0.39 is 29.9 Å². The minimum absolute atomic E-state index is 0.192. The van der Waals surface area contributed by atoms with E-state index in [2.05, 4.69) is 10.6 Å². The van der Waals surface area contributed by atoms with Crippen LogP contribution in [0.1, 0.15) is 17.5 Å². The van der Waals surface area contributed by atoms with Crippen LogP contribution in [0.4, 0.5) is 5.69 Å². The molecule has 15 nitrogen and oxygen atoms in total. The first-order chi connectivity index (χ1) is 23.4. The Labute approximate surface area is 290 Å². The van der Waals surface area contributed by atoms with Gasteiger partial charge in [0.1, 0.15) is 5.75 Å². The lowest BCUT2D eigenvalue weighted by Gasteiger charge is -2.37. The summed E-state index contributed by atoms with van der Waals surface area (Å²) < 4.78 is 0. The molecule has 0 spiro atoms. The van der Waals surface area contributed by atoms with Crippen LogP contribution < -0.4 is 10.6 Å². The Morgan fingerprint density at radius 3 is 1.71 bits per heavy atom. The van der Waals surface area contributed by atoms with Crippen molar-refractivity contribution in [3.8, 4) is 5.75 Å². The number of anilines is 1. The number of hydrogen-bond acceptors (Lipinski definition) is 10. The minimum Gasteiger partial charge on any atom is -0.508 e. The van der Waals surface area contributed by atoms with Gasteiger partial charge < -0.3 is 36.2 Å². The molecule has 1 fully saturated rings. The average Bonchev–Trinajstić information content (AvgIpc) is 3.02. The van der Waals surface area contributed by atoms with Gasteiger partial charge in [-0.2, -0.15) is 0 Å². The number of rotatable bonds is 15. The smallest absolute Gasteiger partial charge is 0.317 e. The number of benzene rings is 2. The molecule has 0 saturated carbocycles. The molecule has 1 aliphatic rings. The molecule has 0 amide bonds. The summed E-state index contributed by atoms with van der Waals surface area (Å²) in [4.78, 5) is 53.6. The molecular formula is C33H46N6O9S. The van der Waals surface area contributed by atoms with Crippen molar-refractivity contribution in [2.45, 2.75) is 25.3 Å². The van der Waals surface area contributed by atoms with Crippen LogP contribution in [0.15, 0.2) is 48.5 Å². The summed E-state index contributed by atoms with van der Waals surface area (Å²) in [5, 5.41) is 54.6. The third kappa shape index (κ3) is 15.6. The summed E-state index contributed by atoms with van der Waals surface area (Å²) in [5.74, 6) is -4.00. The molecule has 268 valence electrons. The van der Waals surface area contributed by atoms with E-state index in [0.29, 0.717) is 18.1 Å². The normalized spacial score (nSPS) is 17.3. The number of thiocarbonyl (C=S) groups is 1. The van der Waals surface area contributed by atoms with E-state index in [1.165, 1.54) is 0 Å². The Hall–Kier alpha value is -4.35. The molecule has 2 aromatic rings. The van der Waals surface area contributed by atoms with Gasteiger partial charge in [0.15, 0.2) is 5.11 Å². The molecule has 1 aliphatic heterocycles. The second-order valence-electron chi connectivity index (χ2n) is 12.0. The van der Waals surface area contributed by atoms with Gasteiger partial charge in [-0.05, 0) is 66.9 Å². The van der Waals surface area contributed by atoms with Gasteiger partial charge in [-0.3, -0.25) is 38.8 Å². The van der Waals surface area contributed by atoms with Crippen LogP contribution in [-0.2, 0) is 32.0 Å². The molecule has 1 unspecified atom stereocenters. The molecule has 1 atom stereocenters. The fourth-order valence-electron chi connectivity index (χ4n) is 5.68. The monoisotopic (exact) mass is 702 g/mol. The topological polar surface area (TPSA) is 206 Å². The van der Waals surface area contributed by atoms with E-state index in [1.54, 1.807) is 31.7 Å². The maximum atomic E-state index is 12.0. The molecule has 0 aliphatic carbocycles. The van der Waals surface area contributed by atoms with Crippen molar-refractivity contribution in [3.05, 3.63) is 59.7 Å². The van der Waals surface area contributed by atoms with Crippen LogP contribution in [-0.4, -0.2) is 159 Å². The summed E-state index contributed by atoms with van der Waals surface area (Å²) in [7, 11) is 0. The summed E-state index contributed by atoms with van der Waals surface area (Å²) in [6.45, 7) is 1.00. The fraction of sp³-hybridized carbons (Fsp3) is 0.485. The number of hydrogen-bond donors (Lipinski definition) is 7. The quantitative estimate of drug-likeness (QED) is 0.101. The van der Waals surface area contributed by atoms with Crippen molar-refractivity contribution in [2.24, 2.45) is 0 Å². The highest BCUT2D eigenvalue weighted by Gasteiger charge is 2.27. The van der Waals surface area contributed by atoms with Crippen LogP contribution in [0.5, 0.6) is 5.75 Å². The van der Waals surface area contributed by atoms with Crippen molar-refractivity contribution in [1.29, 1.82) is 0 Å². The Bertz CT molecular complexity index is 1400. The first-order valence-electron chi connectivity index (χ1n) is 16.1. The molecule has 16 heteroatoms. The first-order valence-corrected chi connectivity index (χ1v) is 16.5. The molecule has 0 bridgehead atoms. The molecule has 0 radical (unpaired) electrons. The number of nitrogens with zero attached hydrogens (tertiary/aromatic N) is 4. The van der Waals surface area contributed by atoms with Crippen molar-refractivity contribution in [1.82, 2.24) is 24.9 Å². The maximum absolute atomic E-state index is 12.0. The van der Waals surface area contributed by atoms with Gasteiger partial charge in [0, 0.05) is 64.1 Å². The van der Waals surface area contributed by atoms with Gasteiger partial charge in [0.05, 0.1) is 26.2 Å². The summed E-state index contributed by atoms with van der Waals surface area (Å²) in [6, 6.07) is 14.1. The van der Waals surface area contributed by atoms with E-state index in [-0.39, 0.29) is 77.7 Å². The highest BCUT2D eigenvalue weighted by Crippen LogP contribution is 2.16. The Kier molecular flexibility index (Phi) is 16.1. The number of carbonyl (C=O) groups is 4. The lowest BCUT2D eigenvalue weighted by Crippen LogP contribution is -2.53. The predicted octanol–water partition coefficient (Wildman–Crippen LogP) is 0.783. The molecule has 1 saturated heterocycles. The lowest BCUT2D eigenvalue weighted by atomic mass is 10.0. The SMILES string of the molecule is O=C(O)CN1CCN(CC(=O)O)CCN(CC(=O)O)C(Cc2ccc(NC(=S)NCCCc3ccc(O)cc3)cc2)CN(CC(=O)O)CC1. The molecule has 2 aromatic carbocycles. The molecule has 0 aromatic heterocycles. The second-order valence-corrected chi connectivity index (χ2v) is 12.4. The molecule has 1 heterocycles. The predicted molar refractivity (Wildman–Crippen MR) is 186 cm³/mol. The molecular weight excluding hydrogens is 656 g/mol. The van der Waals surface area contributed by atoms with E-state index >= 15 is 0 Å². The summed E-state index contributed by atoms with van der Waals surface area (Å²) in [5.41, 5.74) is 2.73. The third-order valence-electron chi connectivity index (χ3n) is 8.12. The van der Waals surface area contributed by atoms with Crippen LogP contribution in [0.25, 0.3) is 0 Å². The molecule has 49 heavy (non-hydrogen) atoms. The standard InChI is InChI=1S/C33H46N6O9S/c40-28-9-5-24(6-10-28)2-1-11-34-33(49)35-26-7-3-25(4-8-26)18-27-19-38(22-31(45)46)15-14-36(20-29(41)42)12-13-37(21-30(43)44)16-17-39(27)23-32(47)48/h3-10,27,40H,1-2,11-23H2,(H,41,42)(H,43,44)(H,45,46)(H,47,48)(H2,34,35,49). The first kappa shape index (κ1) is 39.1. The van der Waals surface area contributed by atoms with Gasteiger partial charge >= 0.3 is 23.9 Å². The summed E-state index contributed by atoms with van der Waals surface area (Å²) >= 11 is 5.44. The largest absolute Gasteiger partial charge is 0.508 e. The number of phenolic OH excluding ortho intramolecular Hbond substituents is 1. The number of carboxylic acids is 4. The van der Waals surface area contributed by atoms with E-state index in [4.69, 9.17) is 12.2 Å². The minimum atomic E-state index is -1.07. The fourth-order valence-corrected chi connectivity index (χ4v) is 5.90. The van der Waals surface area contributed by atoms with Crippen molar-refractivity contribution >= 4 is 46.9 Å². The highest BCUT2D eigenvalue weighted by molar-refractivity contribution is 7.80. The van der Waals surface area contributed by atoms with Gasteiger partial charge in [0.25, 0.3) is 0 Å². The number of aromatic hydroxyl groups is 1. The number of carboxylic acid groups (broad SMARTS) is 4. The summed E-state index contributed by atoms with van der Waals surface area (Å²) in [6.07, 6.45) is 2.04. The number of aliphatic carboxylic acids is 4. The average molecular weight is 703 g/mol. The highest BCUT2D eigenvalue weighted by atomic mass is 32.1. The van der Waals surface area contributed by atoms with Gasteiger partial charge in [0.2, 0.25) is 0 Å². The third-order valence-corrected chi connectivity index (χ3v) is 8.36. The van der Waals surface area contributed by atoms with Crippen molar-refractivity contribution in [2.75, 3.05) is 83.9 Å². The van der Waals surface area contributed by atoms with Crippen LogP contribution in [0, 0.1) is 0 Å². The zero-order valence-corrected chi connectivity index (χ0v) is 28.2. The van der Waals surface area contributed by atoms with E-state index in [0.717, 1.165) is 29.7 Å². The van der Waals surface area contributed by atoms with Crippen molar-refractivity contribution in [3.63, 3.8) is 0 Å². The second kappa shape index (κ2) is 20.2. The molecule has 7 N–H and O–H groups in total. The maximum Gasteiger partial charge on any atom is 0.317 e. The Morgan fingerprint density at radius 1 is 0.673 bits per heavy atom. The molecule has 3 rings (SSSR count). The van der Waals surface area contributed by atoms with Crippen LogP contribution in [0.3, 0.4) is 0 Å².